The van der Waals surface area contributed by atoms with E-state index in [9.17, 15) is 52.7 Å². The van der Waals surface area contributed by atoms with Crippen LogP contribution in [-0.4, -0.2) is 35.5 Å². The maximum atomic E-state index is 13.3. The molecule has 0 aromatic carbocycles. The summed E-state index contributed by atoms with van der Waals surface area (Å²) < 4.78 is 157. The quantitative estimate of drug-likeness (QED) is 0.599. The Bertz CT molecular complexity index is 412. The number of alkyl halides is 12. The fraction of sp³-hybridized carbons (Fsp3) is 1.00. The van der Waals surface area contributed by atoms with Crippen LogP contribution >= 0.6 is 0 Å². The molecule has 1 aliphatic rings. The minimum absolute atomic E-state index is 0.759. The Morgan fingerprint density at radius 2 is 0.714 bits per heavy atom. The fourth-order valence-corrected chi connectivity index (χ4v) is 1.97. The lowest BCUT2D eigenvalue weighted by Crippen LogP contribution is -2.84. The minimum Gasteiger partial charge on any atom is -0.206 e. The topological polar surface area (TPSA) is 0 Å². The van der Waals surface area contributed by atoms with Crippen LogP contribution in [0.5, 0.6) is 0 Å². The summed E-state index contributed by atoms with van der Waals surface area (Å²) in [5, 5.41) is 0. The zero-order valence-corrected chi connectivity index (χ0v) is 10.0. The lowest BCUT2D eigenvalue weighted by molar-refractivity contribution is -0.505. The lowest BCUT2D eigenvalue weighted by atomic mass is 9.61. The third-order valence-electron chi connectivity index (χ3n) is 3.71. The van der Waals surface area contributed by atoms with E-state index >= 15 is 0 Å². The summed E-state index contributed by atoms with van der Waals surface area (Å²) >= 11 is 0. The predicted molar refractivity (Wildman–Crippen MR) is 43.5 cm³/mol. The predicted octanol–water partition coefficient (Wildman–Crippen LogP) is 4.84. The van der Waals surface area contributed by atoms with Crippen LogP contribution < -0.4 is 0 Å². The number of halogens is 12. The average Bonchev–Trinajstić information content (AvgIpc) is 2.23. The highest BCUT2D eigenvalue weighted by molar-refractivity contribution is 5.26. The second kappa shape index (κ2) is 3.73. The molecule has 21 heavy (non-hydrogen) atoms. The van der Waals surface area contributed by atoms with Crippen molar-refractivity contribution in [3.05, 3.63) is 0 Å². The van der Waals surface area contributed by atoms with E-state index in [-0.39, 0.29) is 0 Å². The summed E-state index contributed by atoms with van der Waals surface area (Å²) in [5.74, 6) is -40.7. The van der Waals surface area contributed by atoms with E-state index < -0.39 is 54.8 Å². The normalized spacial score (nSPS) is 31.7. The van der Waals surface area contributed by atoms with Gasteiger partial charge in [-0.2, -0.15) is 43.9 Å². The van der Waals surface area contributed by atoms with E-state index in [1.807, 2.05) is 0 Å². The van der Waals surface area contributed by atoms with E-state index in [4.69, 9.17) is 0 Å². The fourth-order valence-electron chi connectivity index (χ4n) is 1.97. The van der Waals surface area contributed by atoms with Crippen LogP contribution in [0.25, 0.3) is 0 Å². The van der Waals surface area contributed by atoms with Crippen LogP contribution in [0.4, 0.5) is 52.7 Å². The lowest BCUT2D eigenvalue weighted by Gasteiger charge is -2.56. The molecule has 0 aliphatic heterocycles. The first kappa shape index (κ1) is 18.2. The highest BCUT2D eigenvalue weighted by Crippen LogP contribution is 2.74. The van der Waals surface area contributed by atoms with Crippen LogP contribution in [0.15, 0.2) is 0 Å². The van der Waals surface area contributed by atoms with Gasteiger partial charge < -0.3 is 0 Å². The third kappa shape index (κ3) is 1.46. The van der Waals surface area contributed by atoms with Crippen molar-refractivity contribution in [2.24, 2.45) is 5.41 Å². The highest BCUT2D eigenvalue weighted by Gasteiger charge is 3.01. The monoisotopic (exact) mass is 342 g/mol. The molecular weight excluding hydrogens is 336 g/mol. The van der Waals surface area contributed by atoms with Gasteiger partial charge in [0.2, 0.25) is 0 Å². The summed E-state index contributed by atoms with van der Waals surface area (Å²) in [4.78, 5) is 0. The summed E-state index contributed by atoms with van der Waals surface area (Å²) in [6.07, 6.45) is 0. The Hall–Kier alpha value is -0.840. The second-order valence-corrected chi connectivity index (χ2v) is 4.89. The molecule has 0 heterocycles. The second-order valence-electron chi connectivity index (χ2n) is 4.89. The van der Waals surface area contributed by atoms with E-state index in [1.165, 1.54) is 0 Å². The summed E-state index contributed by atoms with van der Waals surface area (Å²) in [6.45, 7) is -1.74. The van der Waals surface area contributed by atoms with Gasteiger partial charge in [0, 0.05) is 6.92 Å². The molecule has 0 spiro atoms. The first-order valence-corrected chi connectivity index (χ1v) is 5.02. The van der Waals surface area contributed by atoms with E-state index in [1.54, 1.807) is 0 Å². The summed E-state index contributed by atoms with van der Waals surface area (Å²) in [7, 11) is 0. The van der Waals surface area contributed by atoms with E-state index in [0.717, 1.165) is 0 Å². The molecule has 0 bridgehead atoms. The molecule has 1 saturated carbocycles. The van der Waals surface area contributed by atoms with Gasteiger partial charge in [0.05, 0.1) is 0 Å². The van der Waals surface area contributed by atoms with Gasteiger partial charge in [-0.15, -0.1) is 0 Å². The highest BCUT2D eigenvalue weighted by atomic mass is 19.4. The smallest absolute Gasteiger partial charge is 0.206 e. The van der Waals surface area contributed by atoms with Crippen molar-refractivity contribution >= 4 is 0 Å². The molecule has 0 atom stereocenters. The van der Waals surface area contributed by atoms with E-state index in [0.29, 0.717) is 0 Å². The standard InChI is InChI=1S/C9H6F12/c1-3(4(2,10)11)5(12,13)7(16,17)9(20,21)8(18,19)6(3,14)15/h1-2H3. The largest absolute Gasteiger partial charge is 0.384 e. The van der Waals surface area contributed by atoms with Crippen LogP contribution in [0.3, 0.4) is 0 Å². The Morgan fingerprint density at radius 1 is 0.524 bits per heavy atom. The van der Waals surface area contributed by atoms with Crippen molar-refractivity contribution in [3.8, 4) is 0 Å². The van der Waals surface area contributed by atoms with Crippen molar-refractivity contribution in [2.75, 3.05) is 0 Å². The molecule has 0 aromatic heterocycles. The number of rotatable bonds is 1. The Morgan fingerprint density at radius 3 is 0.905 bits per heavy atom. The van der Waals surface area contributed by atoms with Crippen LogP contribution in [0, 0.1) is 5.41 Å². The molecule has 1 aliphatic carbocycles. The van der Waals surface area contributed by atoms with Gasteiger partial charge in [-0.05, 0) is 6.92 Å². The van der Waals surface area contributed by atoms with Gasteiger partial charge in [-0.3, -0.25) is 0 Å². The molecule has 0 unspecified atom stereocenters. The molecule has 0 aromatic rings. The zero-order valence-electron chi connectivity index (χ0n) is 10.0. The maximum Gasteiger partial charge on any atom is 0.384 e. The molecule has 1 fully saturated rings. The van der Waals surface area contributed by atoms with Gasteiger partial charge >= 0.3 is 29.6 Å². The molecule has 0 saturated heterocycles. The Kier molecular flexibility index (Phi) is 3.23. The van der Waals surface area contributed by atoms with Crippen LogP contribution in [0.2, 0.25) is 0 Å². The van der Waals surface area contributed by atoms with Crippen molar-refractivity contribution in [2.45, 2.75) is 49.4 Å². The van der Waals surface area contributed by atoms with E-state index in [2.05, 4.69) is 0 Å². The van der Waals surface area contributed by atoms with Crippen LogP contribution in [0.1, 0.15) is 13.8 Å². The maximum absolute atomic E-state index is 13.3. The molecule has 126 valence electrons. The average molecular weight is 342 g/mol. The van der Waals surface area contributed by atoms with Gasteiger partial charge in [0.15, 0.2) is 5.41 Å². The molecule has 1 rings (SSSR count). The summed E-state index contributed by atoms with van der Waals surface area (Å²) in [6, 6.07) is 0. The first-order valence-electron chi connectivity index (χ1n) is 5.02. The molecular formula is C9H6F12. The molecule has 0 radical (unpaired) electrons. The molecule has 0 N–H and O–H groups in total. The SMILES string of the molecule is CC(F)(F)C1(C)C(F)(F)C(F)(F)C(F)(F)C(F)(F)C1(F)F. The third-order valence-corrected chi connectivity index (χ3v) is 3.71. The zero-order chi connectivity index (χ0) is 17.5. The van der Waals surface area contributed by atoms with Crippen LogP contribution in [-0.2, 0) is 0 Å². The number of hydrogen-bond acceptors (Lipinski definition) is 0. The van der Waals surface area contributed by atoms with Gasteiger partial charge in [0.25, 0.3) is 5.92 Å². The van der Waals surface area contributed by atoms with Crippen molar-refractivity contribution in [3.63, 3.8) is 0 Å². The first-order chi connectivity index (χ1) is 8.75. The Labute approximate surface area is 109 Å². The summed E-state index contributed by atoms with van der Waals surface area (Å²) in [5.41, 5.74) is -5.75. The van der Waals surface area contributed by atoms with Gasteiger partial charge in [-0.1, -0.05) is 0 Å². The number of hydrogen-bond donors (Lipinski definition) is 0. The molecule has 0 amide bonds. The molecule has 0 nitrogen and oxygen atoms in total. The van der Waals surface area contributed by atoms with Gasteiger partial charge in [0.1, 0.15) is 0 Å². The van der Waals surface area contributed by atoms with Crippen molar-refractivity contribution < 1.29 is 52.7 Å². The molecule has 12 heteroatoms. The van der Waals surface area contributed by atoms with Crippen molar-refractivity contribution in [1.82, 2.24) is 0 Å². The van der Waals surface area contributed by atoms with Crippen molar-refractivity contribution in [1.29, 1.82) is 0 Å². The Balaban J connectivity index is 3.93. The minimum atomic E-state index is -7.24. The van der Waals surface area contributed by atoms with Gasteiger partial charge in [-0.25, -0.2) is 8.78 Å².